The molecule has 8 nitrogen and oxygen atoms in total. The third-order valence-electron chi connectivity index (χ3n) is 3.15. The molecule has 0 atom stereocenters. The van der Waals surface area contributed by atoms with Crippen LogP contribution >= 0.6 is 12.2 Å². The highest BCUT2D eigenvalue weighted by atomic mass is 32.1. The molecule has 9 heteroatoms. The second kappa shape index (κ2) is 6.05. The third kappa shape index (κ3) is 3.29. The van der Waals surface area contributed by atoms with E-state index >= 15 is 0 Å². The van der Waals surface area contributed by atoms with Crippen LogP contribution in [0.25, 0.3) is 6.08 Å². The van der Waals surface area contributed by atoms with E-state index in [9.17, 15) is 10.0 Å². The lowest BCUT2D eigenvalue weighted by molar-refractivity contribution is -0.808. The lowest BCUT2D eigenvalue weighted by Gasteiger charge is -2.05. The number of nitrogens with one attached hydrogen (secondary N) is 2. The zero-order valence-corrected chi connectivity index (χ0v) is 12.8. The quantitative estimate of drug-likeness (QED) is 0.478. The van der Waals surface area contributed by atoms with E-state index < -0.39 is 0 Å². The second-order valence-electron chi connectivity index (χ2n) is 4.79. The standard InChI is InChI=1S/C14H12N4O4S/c1-8-12(18(20)22-17-8)7-21-10-4-2-3-9(5-10)6-11-13(19)16-14(23)15-11/h2-6H,7H2,1H3,(H2,15,16,19,23)/b11-6-. The van der Waals surface area contributed by atoms with Gasteiger partial charge < -0.3 is 15.3 Å². The van der Waals surface area contributed by atoms with Crippen molar-refractivity contribution in [2.45, 2.75) is 13.5 Å². The van der Waals surface area contributed by atoms with Crippen molar-refractivity contribution in [1.82, 2.24) is 15.8 Å². The highest BCUT2D eigenvalue weighted by molar-refractivity contribution is 7.80. The van der Waals surface area contributed by atoms with Crippen LogP contribution in [0.3, 0.4) is 0 Å². The first-order valence-electron chi connectivity index (χ1n) is 6.65. The van der Waals surface area contributed by atoms with Crippen LogP contribution in [-0.4, -0.2) is 16.2 Å². The predicted octanol–water partition coefficient (Wildman–Crippen LogP) is 0.541. The van der Waals surface area contributed by atoms with Gasteiger partial charge in [0, 0.05) is 12.1 Å². The fraction of sp³-hybridized carbons (Fsp3) is 0.143. The SMILES string of the molecule is Cc1no[n+]([O-])c1COc1cccc(/C=C2\NC(=S)NC2=O)c1. The maximum atomic E-state index is 11.6. The highest BCUT2D eigenvalue weighted by Crippen LogP contribution is 2.17. The fourth-order valence-electron chi connectivity index (χ4n) is 1.98. The van der Waals surface area contributed by atoms with E-state index in [4.69, 9.17) is 17.0 Å². The van der Waals surface area contributed by atoms with Gasteiger partial charge in [-0.25, -0.2) is 0 Å². The summed E-state index contributed by atoms with van der Waals surface area (Å²) >= 11 is 4.87. The maximum Gasteiger partial charge on any atom is 0.273 e. The van der Waals surface area contributed by atoms with Crippen LogP contribution in [0.2, 0.25) is 0 Å². The van der Waals surface area contributed by atoms with Crippen molar-refractivity contribution in [3.8, 4) is 5.75 Å². The van der Waals surface area contributed by atoms with Gasteiger partial charge in [0.25, 0.3) is 5.91 Å². The Morgan fingerprint density at radius 2 is 2.30 bits per heavy atom. The van der Waals surface area contributed by atoms with Crippen molar-refractivity contribution < 1.29 is 19.1 Å². The molecule has 2 N–H and O–H groups in total. The van der Waals surface area contributed by atoms with E-state index in [0.717, 1.165) is 5.56 Å². The Morgan fingerprint density at radius 3 is 2.96 bits per heavy atom. The van der Waals surface area contributed by atoms with Crippen molar-refractivity contribution in [3.05, 3.63) is 52.1 Å². The number of carbonyl (C=O) groups excluding carboxylic acids is 1. The molecule has 0 saturated carbocycles. The molecular weight excluding hydrogens is 320 g/mol. The van der Waals surface area contributed by atoms with Crippen LogP contribution in [0.4, 0.5) is 0 Å². The van der Waals surface area contributed by atoms with Gasteiger partial charge in [-0.3, -0.25) is 14.7 Å². The van der Waals surface area contributed by atoms with Crippen molar-refractivity contribution >= 4 is 29.3 Å². The van der Waals surface area contributed by atoms with E-state index in [-0.39, 0.29) is 17.6 Å². The van der Waals surface area contributed by atoms with Crippen molar-refractivity contribution in [1.29, 1.82) is 0 Å². The number of aromatic nitrogens is 2. The van der Waals surface area contributed by atoms with Crippen LogP contribution in [0.5, 0.6) is 5.75 Å². The summed E-state index contributed by atoms with van der Waals surface area (Å²) in [6, 6.07) is 7.07. The van der Waals surface area contributed by atoms with E-state index in [0.29, 0.717) is 27.7 Å². The van der Waals surface area contributed by atoms with Crippen molar-refractivity contribution in [3.63, 3.8) is 0 Å². The number of ether oxygens (including phenoxy) is 1. The van der Waals surface area contributed by atoms with Gasteiger partial charge in [0.1, 0.15) is 11.4 Å². The average Bonchev–Trinajstić information content (AvgIpc) is 3.00. The monoisotopic (exact) mass is 332 g/mol. The zero-order valence-electron chi connectivity index (χ0n) is 12.0. The molecule has 3 rings (SSSR count). The Hall–Kier alpha value is -2.94. The van der Waals surface area contributed by atoms with Crippen LogP contribution in [0.15, 0.2) is 34.6 Å². The molecule has 0 unspecified atom stereocenters. The predicted molar refractivity (Wildman–Crippen MR) is 82.8 cm³/mol. The number of hydrogen-bond acceptors (Lipinski definition) is 6. The van der Waals surface area contributed by atoms with Crippen LogP contribution in [-0.2, 0) is 11.4 Å². The number of thiocarbonyl (C=S) groups is 1. The van der Waals surface area contributed by atoms with Gasteiger partial charge in [-0.2, -0.15) is 0 Å². The molecule has 1 fully saturated rings. The van der Waals surface area contributed by atoms with Crippen LogP contribution in [0.1, 0.15) is 17.0 Å². The first kappa shape index (κ1) is 15.0. The average molecular weight is 332 g/mol. The Bertz CT molecular complexity index is 795. The molecule has 1 aromatic heterocycles. The fourth-order valence-corrected chi connectivity index (χ4v) is 2.19. The van der Waals surface area contributed by atoms with Crippen LogP contribution < -0.4 is 20.3 Å². The number of nitrogens with zero attached hydrogens (tertiary/aromatic N) is 2. The topological polar surface area (TPSA) is 103 Å². The first-order chi connectivity index (χ1) is 11.0. The minimum absolute atomic E-state index is 0.0294. The Labute approximate surface area is 136 Å². The minimum atomic E-state index is -0.284. The molecule has 1 aromatic carbocycles. The van der Waals surface area contributed by atoms with Crippen LogP contribution in [0, 0.1) is 12.1 Å². The molecule has 1 aliphatic heterocycles. The normalized spacial score (nSPS) is 15.6. The lowest BCUT2D eigenvalue weighted by Crippen LogP contribution is -2.29. The summed E-state index contributed by atoms with van der Waals surface area (Å²) in [6.45, 7) is 1.69. The zero-order chi connectivity index (χ0) is 16.4. The van der Waals surface area contributed by atoms with E-state index in [1.54, 1.807) is 31.2 Å². The Morgan fingerprint density at radius 1 is 1.48 bits per heavy atom. The summed E-state index contributed by atoms with van der Waals surface area (Å²) in [7, 11) is 0. The van der Waals surface area contributed by atoms with Gasteiger partial charge >= 0.3 is 0 Å². The molecule has 0 radical (unpaired) electrons. The number of benzene rings is 1. The number of hydrogen-bond donors (Lipinski definition) is 2. The summed E-state index contributed by atoms with van der Waals surface area (Å²) in [5.41, 5.74) is 1.89. The summed E-state index contributed by atoms with van der Waals surface area (Å²) in [6.07, 6.45) is 1.65. The lowest BCUT2D eigenvalue weighted by atomic mass is 10.2. The number of aryl methyl sites for hydroxylation is 1. The third-order valence-corrected chi connectivity index (χ3v) is 3.36. The summed E-state index contributed by atoms with van der Waals surface area (Å²) in [5.74, 6) is 0.259. The second-order valence-corrected chi connectivity index (χ2v) is 5.20. The highest BCUT2D eigenvalue weighted by Gasteiger charge is 2.20. The summed E-state index contributed by atoms with van der Waals surface area (Å²) in [4.78, 5) is 11.9. The molecule has 0 spiro atoms. The molecule has 23 heavy (non-hydrogen) atoms. The molecule has 1 saturated heterocycles. The largest absolute Gasteiger partial charge is 0.485 e. The summed E-state index contributed by atoms with van der Waals surface area (Å²) < 4.78 is 10.0. The maximum absolute atomic E-state index is 11.6. The minimum Gasteiger partial charge on any atom is -0.485 e. The molecule has 1 amide bonds. The van der Waals surface area contributed by atoms with Gasteiger partial charge in [0.15, 0.2) is 11.7 Å². The van der Waals surface area contributed by atoms with Gasteiger partial charge in [0.05, 0.1) is 0 Å². The summed E-state index contributed by atoms with van der Waals surface area (Å²) in [5, 5.41) is 20.4. The molecule has 0 bridgehead atoms. The van der Waals surface area contributed by atoms with Gasteiger partial charge in [-0.05, 0) is 40.9 Å². The Kier molecular flexibility index (Phi) is 3.94. The van der Waals surface area contributed by atoms with E-state index in [1.165, 1.54) is 0 Å². The molecule has 2 heterocycles. The molecule has 0 aliphatic carbocycles. The van der Waals surface area contributed by atoms with E-state index in [1.807, 2.05) is 6.07 Å². The Balaban J connectivity index is 1.74. The molecule has 118 valence electrons. The number of amides is 1. The number of carbonyl (C=O) groups is 1. The smallest absolute Gasteiger partial charge is 0.273 e. The molecular formula is C14H12N4O4S. The van der Waals surface area contributed by atoms with Crippen molar-refractivity contribution in [2.24, 2.45) is 0 Å². The van der Waals surface area contributed by atoms with Gasteiger partial charge in [-0.15, -0.1) is 0 Å². The molecule has 1 aliphatic rings. The van der Waals surface area contributed by atoms with Gasteiger partial charge in [-0.1, -0.05) is 12.1 Å². The molecule has 2 aromatic rings. The van der Waals surface area contributed by atoms with Gasteiger partial charge in [0.2, 0.25) is 11.4 Å². The van der Waals surface area contributed by atoms with Crippen molar-refractivity contribution in [2.75, 3.05) is 0 Å². The van der Waals surface area contributed by atoms with E-state index in [2.05, 4.69) is 20.4 Å². The first-order valence-corrected chi connectivity index (χ1v) is 7.06. The number of rotatable bonds is 4.